The van der Waals surface area contributed by atoms with Crippen molar-refractivity contribution in [2.24, 2.45) is 5.73 Å². The molecule has 0 saturated heterocycles. The molecule has 114 valence electrons. The fourth-order valence-electron chi connectivity index (χ4n) is 1.45. The Labute approximate surface area is 122 Å². The third kappa shape index (κ3) is 6.05. The van der Waals surface area contributed by atoms with Gasteiger partial charge in [0.2, 0.25) is 5.91 Å². The summed E-state index contributed by atoms with van der Waals surface area (Å²) in [5.41, 5.74) is 6.35. The molecule has 0 spiro atoms. The molecule has 0 aliphatic rings. The lowest BCUT2D eigenvalue weighted by Crippen LogP contribution is -2.48. The number of nitrogens with two attached hydrogens (primary N) is 1. The molecule has 2 atom stereocenters. The highest BCUT2D eigenvalue weighted by Gasteiger charge is 2.22. The monoisotopic (exact) mass is 294 g/mol. The number of esters is 1. The normalized spacial score (nSPS) is 13.0. The van der Waals surface area contributed by atoms with Gasteiger partial charge < -0.3 is 20.9 Å². The summed E-state index contributed by atoms with van der Waals surface area (Å²) in [5.74, 6) is -2.51. The number of carbonyl (C=O) groups excluding carboxylic acids is 2. The Hall–Kier alpha value is -2.41. The van der Waals surface area contributed by atoms with Gasteiger partial charge in [-0.15, -0.1) is 0 Å². The lowest BCUT2D eigenvalue weighted by Gasteiger charge is -2.14. The zero-order valence-corrected chi connectivity index (χ0v) is 11.6. The maximum Gasteiger partial charge on any atom is 0.325 e. The minimum atomic E-state index is -1.18. The van der Waals surface area contributed by atoms with Crippen LogP contribution in [0, 0.1) is 0 Å². The summed E-state index contributed by atoms with van der Waals surface area (Å²) in [4.78, 5) is 33.7. The number of carboxylic acids is 1. The van der Waals surface area contributed by atoms with Crippen LogP contribution in [0.5, 0.6) is 0 Å². The van der Waals surface area contributed by atoms with Gasteiger partial charge in [0.15, 0.2) is 0 Å². The van der Waals surface area contributed by atoms with Crippen molar-refractivity contribution in [2.75, 3.05) is 0 Å². The molecule has 0 unspecified atom stereocenters. The van der Waals surface area contributed by atoms with E-state index in [0.717, 1.165) is 5.56 Å². The number of aliphatic carboxylic acids is 1. The summed E-state index contributed by atoms with van der Waals surface area (Å²) in [7, 11) is 0. The van der Waals surface area contributed by atoms with Gasteiger partial charge >= 0.3 is 11.9 Å². The van der Waals surface area contributed by atoms with Crippen LogP contribution in [-0.4, -0.2) is 35.0 Å². The Morgan fingerprint density at radius 1 is 1.29 bits per heavy atom. The molecule has 0 heterocycles. The van der Waals surface area contributed by atoms with Crippen LogP contribution in [0.2, 0.25) is 0 Å². The molecule has 4 N–H and O–H groups in total. The summed E-state index contributed by atoms with van der Waals surface area (Å²) in [6.45, 7) is 1.40. The molecule has 0 bridgehead atoms. The van der Waals surface area contributed by atoms with Crippen molar-refractivity contribution in [1.29, 1.82) is 0 Å². The number of carbonyl (C=O) groups is 3. The highest BCUT2D eigenvalue weighted by Crippen LogP contribution is 2.02. The van der Waals surface area contributed by atoms with E-state index in [1.807, 2.05) is 18.2 Å². The molecule has 1 aromatic carbocycles. The summed E-state index contributed by atoms with van der Waals surface area (Å²) < 4.78 is 4.99. The van der Waals surface area contributed by atoms with Crippen LogP contribution in [0.25, 0.3) is 0 Å². The number of carboxylic acid groups (broad SMARTS) is 1. The summed E-state index contributed by atoms with van der Waals surface area (Å²) >= 11 is 0. The van der Waals surface area contributed by atoms with Crippen LogP contribution in [0.15, 0.2) is 30.3 Å². The van der Waals surface area contributed by atoms with Gasteiger partial charge in [-0.05, 0) is 12.5 Å². The molecular formula is C14H18N2O5. The van der Waals surface area contributed by atoms with E-state index in [1.54, 1.807) is 12.1 Å². The van der Waals surface area contributed by atoms with Crippen LogP contribution in [-0.2, 0) is 25.7 Å². The van der Waals surface area contributed by atoms with Gasteiger partial charge in [-0.25, -0.2) is 0 Å². The predicted octanol–water partition coefficient (Wildman–Crippen LogP) is 0.0365. The summed E-state index contributed by atoms with van der Waals surface area (Å²) in [6.07, 6.45) is -0.314. The van der Waals surface area contributed by atoms with Crippen molar-refractivity contribution in [2.45, 2.75) is 32.0 Å². The van der Waals surface area contributed by atoms with Gasteiger partial charge in [0.1, 0.15) is 12.6 Å². The standard InChI is InChI=1S/C14H18N2O5/c1-9(14(19)20)16-13(18)11(15)7-12(17)21-8-10-5-3-2-4-6-10/h2-6,9,11H,7-8,15H2,1H3,(H,16,18)(H,19,20)/t9-,11+/m0/s1. The first-order valence-corrected chi connectivity index (χ1v) is 6.38. The molecule has 7 heteroatoms. The Morgan fingerprint density at radius 3 is 2.48 bits per heavy atom. The second-order valence-electron chi connectivity index (χ2n) is 4.53. The van der Waals surface area contributed by atoms with Gasteiger partial charge in [0, 0.05) is 0 Å². The van der Waals surface area contributed by atoms with Crippen LogP contribution in [0.3, 0.4) is 0 Å². The highest BCUT2D eigenvalue weighted by molar-refractivity contribution is 5.89. The van der Waals surface area contributed by atoms with E-state index in [4.69, 9.17) is 15.6 Å². The van der Waals surface area contributed by atoms with E-state index in [9.17, 15) is 14.4 Å². The molecule has 1 rings (SSSR count). The minimum Gasteiger partial charge on any atom is -0.480 e. The van der Waals surface area contributed by atoms with Crippen LogP contribution in [0.1, 0.15) is 18.9 Å². The Morgan fingerprint density at radius 2 is 1.90 bits per heavy atom. The first kappa shape index (κ1) is 16.6. The van der Waals surface area contributed by atoms with Gasteiger partial charge in [0.05, 0.1) is 12.5 Å². The maximum atomic E-state index is 11.6. The van der Waals surface area contributed by atoms with E-state index in [-0.39, 0.29) is 13.0 Å². The fourth-order valence-corrected chi connectivity index (χ4v) is 1.45. The third-order valence-corrected chi connectivity index (χ3v) is 2.70. The van der Waals surface area contributed by atoms with E-state index in [2.05, 4.69) is 5.32 Å². The zero-order chi connectivity index (χ0) is 15.8. The average molecular weight is 294 g/mol. The average Bonchev–Trinajstić information content (AvgIpc) is 2.45. The molecule has 1 amide bonds. The second-order valence-corrected chi connectivity index (χ2v) is 4.53. The number of hydrogen-bond donors (Lipinski definition) is 3. The first-order chi connectivity index (χ1) is 9.90. The molecule has 21 heavy (non-hydrogen) atoms. The van der Waals surface area contributed by atoms with Gasteiger partial charge in [0.25, 0.3) is 0 Å². The van der Waals surface area contributed by atoms with Crippen LogP contribution in [0.4, 0.5) is 0 Å². The maximum absolute atomic E-state index is 11.6. The molecule has 0 aromatic heterocycles. The SMILES string of the molecule is C[C@H](NC(=O)[C@H](N)CC(=O)OCc1ccccc1)C(=O)O. The minimum absolute atomic E-state index is 0.0968. The largest absolute Gasteiger partial charge is 0.480 e. The molecule has 7 nitrogen and oxygen atoms in total. The van der Waals surface area contributed by atoms with E-state index in [1.165, 1.54) is 6.92 Å². The highest BCUT2D eigenvalue weighted by atomic mass is 16.5. The third-order valence-electron chi connectivity index (χ3n) is 2.70. The van der Waals surface area contributed by atoms with E-state index >= 15 is 0 Å². The van der Waals surface area contributed by atoms with Crippen molar-refractivity contribution in [3.8, 4) is 0 Å². The van der Waals surface area contributed by atoms with Crippen molar-refractivity contribution in [3.05, 3.63) is 35.9 Å². The molecule has 1 aromatic rings. The number of hydrogen-bond acceptors (Lipinski definition) is 5. The van der Waals surface area contributed by atoms with Crippen molar-refractivity contribution < 1.29 is 24.2 Å². The molecule has 0 aliphatic heterocycles. The first-order valence-electron chi connectivity index (χ1n) is 6.38. The predicted molar refractivity (Wildman–Crippen MR) is 74.1 cm³/mol. The molecular weight excluding hydrogens is 276 g/mol. The topological polar surface area (TPSA) is 119 Å². The Kier molecular flexibility index (Phi) is 6.35. The number of ether oxygens (including phenoxy) is 1. The summed E-state index contributed by atoms with van der Waals surface area (Å²) in [6, 6.07) is 6.86. The van der Waals surface area contributed by atoms with Crippen molar-refractivity contribution >= 4 is 17.8 Å². The number of nitrogens with one attached hydrogen (secondary N) is 1. The fraction of sp³-hybridized carbons (Fsp3) is 0.357. The van der Waals surface area contributed by atoms with Crippen molar-refractivity contribution in [1.82, 2.24) is 5.32 Å². The van der Waals surface area contributed by atoms with Gasteiger partial charge in [-0.1, -0.05) is 30.3 Å². The van der Waals surface area contributed by atoms with Gasteiger partial charge in [-0.2, -0.15) is 0 Å². The van der Waals surface area contributed by atoms with E-state index in [0.29, 0.717) is 0 Å². The molecule has 0 radical (unpaired) electrons. The Balaban J connectivity index is 2.36. The quantitative estimate of drug-likeness (QED) is 0.611. The molecule has 0 aliphatic carbocycles. The zero-order valence-electron chi connectivity index (χ0n) is 11.6. The number of rotatable bonds is 7. The van der Waals surface area contributed by atoms with E-state index < -0.39 is 29.9 Å². The van der Waals surface area contributed by atoms with Crippen LogP contribution >= 0.6 is 0 Å². The summed E-state index contributed by atoms with van der Waals surface area (Å²) in [5, 5.41) is 10.8. The lowest BCUT2D eigenvalue weighted by molar-refractivity contribution is -0.147. The Bertz CT molecular complexity index is 503. The van der Waals surface area contributed by atoms with Gasteiger partial charge in [-0.3, -0.25) is 14.4 Å². The molecule has 0 saturated carbocycles. The smallest absolute Gasteiger partial charge is 0.325 e. The molecule has 0 fully saturated rings. The second kappa shape index (κ2) is 8.01. The number of benzene rings is 1. The number of amides is 1. The van der Waals surface area contributed by atoms with Crippen LogP contribution < -0.4 is 11.1 Å². The lowest BCUT2D eigenvalue weighted by atomic mass is 10.2. The van der Waals surface area contributed by atoms with Crippen molar-refractivity contribution in [3.63, 3.8) is 0 Å².